The Labute approximate surface area is 99.6 Å². The number of carbonyl (C=O) groups excluding carboxylic acids is 2. The fourth-order valence-corrected chi connectivity index (χ4v) is 1.31. The van der Waals surface area contributed by atoms with E-state index in [1.807, 2.05) is 0 Å². The number of hydrogen-bond donors (Lipinski definition) is 0. The van der Waals surface area contributed by atoms with Crippen LogP contribution in [0.5, 0.6) is 0 Å². The van der Waals surface area contributed by atoms with Crippen molar-refractivity contribution in [2.75, 3.05) is 10.7 Å². The maximum Gasteiger partial charge on any atom is 0.309 e. The van der Waals surface area contributed by atoms with E-state index in [2.05, 4.69) is 31.9 Å². The quantitative estimate of drug-likeness (QED) is 0.424. The molecular formula is C8H12Br2O4. The Balaban J connectivity index is 3.68. The van der Waals surface area contributed by atoms with Crippen molar-refractivity contribution in [2.24, 2.45) is 0 Å². The summed E-state index contributed by atoms with van der Waals surface area (Å²) in [5, 5.41) is 1.07. The van der Waals surface area contributed by atoms with Crippen molar-refractivity contribution in [1.82, 2.24) is 0 Å². The second-order valence-corrected chi connectivity index (χ2v) is 4.01. The Morgan fingerprint density at radius 3 is 1.71 bits per heavy atom. The molecule has 0 heterocycles. The van der Waals surface area contributed by atoms with E-state index in [1.165, 1.54) is 6.92 Å². The second kappa shape index (κ2) is 8.23. The van der Waals surface area contributed by atoms with Gasteiger partial charge in [-0.2, -0.15) is 0 Å². The van der Waals surface area contributed by atoms with Crippen molar-refractivity contribution in [3.8, 4) is 0 Å². The lowest BCUT2D eigenvalue weighted by Gasteiger charge is -2.13. The van der Waals surface area contributed by atoms with Crippen LogP contribution >= 0.6 is 31.9 Å². The number of rotatable bonds is 6. The Hall–Kier alpha value is -0.100. The van der Waals surface area contributed by atoms with E-state index in [-0.39, 0.29) is 24.8 Å². The molecule has 0 saturated carbocycles. The topological polar surface area (TPSA) is 52.6 Å². The fourth-order valence-electron chi connectivity index (χ4n) is 0.666. The second-order valence-electron chi connectivity index (χ2n) is 2.43. The Morgan fingerprint density at radius 1 is 1.07 bits per heavy atom. The molecule has 0 spiro atoms. The van der Waals surface area contributed by atoms with Gasteiger partial charge in [-0.1, -0.05) is 31.9 Å². The van der Waals surface area contributed by atoms with Gasteiger partial charge < -0.3 is 9.47 Å². The van der Waals surface area contributed by atoms with Crippen LogP contribution in [0.25, 0.3) is 0 Å². The fraction of sp³-hybridized carbons (Fsp3) is 0.750. The van der Waals surface area contributed by atoms with Crippen LogP contribution in [0.2, 0.25) is 0 Å². The highest BCUT2D eigenvalue weighted by molar-refractivity contribution is 9.09. The van der Waals surface area contributed by atoms with Gasteiger partial charge in [0.1, 0.15) is 0 Å². The molecule has 0 aliphatic rings. The lowest BCUT2D eigenvalue weighted by molar-refractivity contribution is -0.183. The molecule has 14 heavy (non-hydrogen) atoms. The average Bonchev–Trinajstić information content (AvgIpc) is 2.03. The van der Waals surface area contributed by atoms with Gasteiger partial charge in [0.15, 0.2) is 0 Å². The van der Waals surface area contributed by atoms with Gasteiger partial charge in [-0.25, -0.2) is 0 Å². The first-order chi connectivity index (χ1) is 6.60. The lowest BCUT2D eigenvalue weighted by Crippen LogP contribution is -2.21. The summed E-state index contributed by atoms with van der Waals surface area (Å²) in [6.45, 7) is 1.51. The molecule has 0 aliphatic heterocycles. The van der Waals surface area contributed by atoms with E-state index in [0.717, 1.165) is 0 Å². The lowest BCUT2D eigenvalue weighted by atomic mass is 10.5. The minimum Gasteiger partial charge on any atom is -0.425 e. The molecule has 0 aliphatic carbocycles. The zero-order valence-electron chi connectivity index (χ0n) is 7.79. The van der Waals surface area contributed by atoms with Crippen LogP contribution in [0.15, 0.2) is 0 Å². The molecular weight excluding hydrogens is 320 g/mol. The molecule has 0 fully saturated rings. The molecule has 0 aromatic rings. The molecule has 0 amide bonds. The molecule has 0 radical (unpaired) electrons. The van der Waals surface area contributed by atoms with Crippen LogP contribution in [-0.4, -0.2) is 28.9 Å². The van der Waals surface area contributed by atoms with Crippen LogP contribution in [0.4, 0.5) is 0 Å². The normalized spacial score (nSPS) is 10.0. The Kier molecular flexibility index (Phi) is 8.17. The molecule has 4 nitrogen and oxygen atoms in total. The summed E-state index contributed by atoms with van der Waals surface area (Å²) in [4.78, 5) is 21.9. The third-order valence-electron chi connectivity index (χ3n) is 1.19. The van der Waals surface area contributed by atoms with Gasteiger partial charge in [0.2, 0.25) is 6.29 Å². The zero-order valence-corrected chi connectivity index (χ0v) is 11.0. The van der Waals surface area contributed by atoms with E-state index < -0.39 is 6.29 Å². The first-order valence-electron chi connectivity index (χ1n) is 4.11. The average molecular weight is 332 g/mol. The van der Waals surface area contributed by atoms with Crippen molar-refractivity contribution >= 4 is 43.8 Å². The number of esters is 2. The summed E-state index contributed by atoms with van der Waals surface area (Å²) in [6, 6.07) is 0. The maximum absolute atomic E-state index is 10.9. The van der Waals surface area contributed by atoms with E-state index in [1.54, 1.807) is 0 Å². The first-order valence-corrected chi connectivity index (χ1v) is 6.35. The molecule has 6 heteroatoms. The number of halogens is 2. The smallest absolute Gasteiger partial charge is 0.309 e. The molecule has 0 N–H and O–H groups in total. The molecule has 0 saturated heterocycles. The first kappa shape index (κ1) is 13.9. The van der Waals surface area contributed by atoms with E-state index in [0.29, 0.717) is 10.7 Å². The summed E-state index contributed by atoms with van der Waals surface area (Å²) >= 11 is 6.20. The number of hydrogen-bond acceptors (Lipinski definition) is 4. The SMILES string of the molecule is CC(OC(=O)CCBr)OC(=O)CCBr. The highest BCUT2D eigenvalue weighted by Gasteiger charge is 2.12. The third-order valence-corrected chi connectivity index (χ3v) is 1.99. The van der Waals surface area contributed by atoms with Crippen molar-refractivity contribution in [3.05, 3.63) is 0 Å². The van der Waals surface area contributed by atoms with Crippen LogP contribution in [0.3, 0.4) is 0 Å². The van der Waals surface area contributed by atoms with Gasteiger partial charge in [-0.05, 0) is 0 Å². The summed E-state index contributed by atoms with van der Waals surface area (Å²) in [7, 11) is 0. The van der Waals surface area contributed by atoms with Crippen LogP contribution in [-0.2, 0) is 19.1 Å². The van der Waals surface area contributed by atoms with Gasteiger partial charge >= 0.3 is 11.9 Å². The Morgan fingerprint density at radius 2 is 1.43 bits per heavy atom. The monoisotopic (exact) mass is 330 g/mol. The zero-order chi connectivity index (χ0) is 11.0. The number of carbonyl (C=O) groups is 2. The standard InChI is InChI=1S/C8H12Br2O4/c1-6(13-7(11)2-4-9)14-8(12)3-5-10/h6H,2-5H2,1H3. The van der Waals surface area contributed by atoms with E-state index in [9.17, 15) is 9.59 Å². The maximum atomic E-state index is 10.9. The number of ether oxygens (including phenoxy) is 2. The van der Waals surface area contributed by atoms with Crippen LogP contribution < -0.4 is 0 Å². The van der Waals surface area contributed by atoms with E-state index in [4.69, 9.17) is 9.47 Å². The summed E-state index contributed by atoms with van der Waals surface area (Å²) in [6.07, 6.45) is -0.284. The highest BCUT2D eigenvalue weighted by atomic mass is 79.9. The summed E-state index contributed by atoms with van der Waals surface area (Å²) in [5.41, 5.74) is 0. The predicted molar refractivity (Wildman–Crippen MR) is 58.5 cm³/mol. The Bertz CT molecular complexity index is 176. The summed E-state index contributed by atoms with van der Waals surface area (Å²) in [5.74, 6) is -0.776. The minimum atomic E-state index is -0.812. The van der Waals surface area contributed by atoms with Crippen molar-refractivity contribution < 1.29 is 19.1 Å². The van der Waals surface area contributed by atoms with E-state index >= 15 is 0 Å². The largest absolute Gasteiger partial charge is 0.425 e. The van der Waals surface area contributed by atoms with Crippen LogP contribution in [0, 0.1) is 0 Å². The highest BCUT2D eigenvalue weighted by Crippen LogP contribution is 2.01. The third kappa shape index (κ3) is 7.32. The van der Waals surface area contributed by atoms with Gasteiger partial charge in [-0.15, -0.1) is 0 Å². The van der Waals surface area contributed by atoms with Crippen molar-refractivity contribution in [2.45, 2.75) is 26.1 Å². The van der Waals surface area contributed by atoms with Gasteiger partial charge in [-0.3, -0.25) is 9.59 Å². The molecule has 0 unspecified atom stereocenters. The molecule has 0 atom stereocenters. The van der Waals surface area contributed by atoms with Gasteiger partial charge in [0.05, 0.1) is 12.8 Å². The van der Waals surface area contributed by atoms with Crippen LogP contribution in [0.1, 0.15) is 19.8 Å². The van der Waals surface area contributed by atoms with Crippen molar-refractivity contribution in [3.63, 3.8) is 0 Å². The number of alkyl halides is 2. The van der Waals surface area contributed by atoms with Gasteiger partial charge in [0, 0.05) is 17.6 Å². The molecule has 0 aromatic heterocycles. The predicted octanol–water partition coefficient (Wildman–Crippen LogP) is 1.99. The molecule has 82 valence electrons. The molecule has 0 bridgehead atoms. The minimum absolute atomic E-state index is 0.264. The van der Waals surface area contributed by atoms with Gasteiger partial charge in [0.25, 0.3) is 0 Å². The summed E-state index contributed by atoms with van der Waals surface area (Å²) < 4.78 is 9.56. The molecule has 0 aromatic carbocycles. The van der Waals surface area contributed by atoms with Crippen molar-refractivity contribution in [1.29, 1.82) is 0 Å². The molecule has 0 rings (SSSR count).